The number of Topliss-reactive ketones (excluding diaryl/α,β-unsaturated/α-hetero) is 1. The van der Waals surface area contributed by atoms with Gasteiger partial charge < -0.3 is 15.2 Å². The molecular formula is C12H15ClN2O3. The molecule has 98 valence electrons. The lowest BCUT2D eigenvalue weighted by molar-refractivity contribution is -0.0662. The summed E-state index contributed by atoms with van der Waals surface area (Å²) in [6.07, 6.45) is 2.43. The molecule has 0 amide bonds. The summed E-state index contributed by atoms with van der Waals surface area (Å²) in [7, 11) is 1.53. The number of carbonyl (C=O) groups excluding carboxylic acids is 1. The van der Waals surface area contributed by atoms with E-state index >= 15 is 0 Å². The van der Waals surface area contributed by atoms with E-state index in [1.807, 2.05) is 0 Å². The summed E-state index contributed by atoms with van der Waals surface area (Å²) >= 11 is 5.85. The van der Waals surface area contributed by atoms with Crippen LogP contribution in [0.4, 0.5) is 5.82 Å². The molecular weight excluding hydrogens is 256 g/mol. The molecule has 0 aliphatic carbocycles. The van der Waals surface area contributed by atoms with Crippen molar-refractivity contribution in [3.63, 3.8) is 0 Å². The Morgan fingerprint density at radius 3 is 2.83 bits per heavy atom. The van der Waals surface area contributed by atoms with Crippen molar-refractivity contribution in [2.24, 2.45) is 0 Å². The largest absolute Gasteiger partial charge is 0.383 e. The van der Waals surface area contributed by atoms with Crippen molar-refractivity contribution < 1.29 is 14.3 Å². The molecule has 1 saturated heterocycles. The number of carbonyl (C=O) groups is 1. The van der Waals surface area contributed by atoms with Crippen molar-refractivity contribution in [2.45, 2.75) is 18.4 Å². The SMILES string of the molecule is COC1(C(=O)c2cc(Cl)cnc2N)CCOCC1. The second kappa shape index (κ2) is 5.22. The molecule has 1 aliphatic heterocycles. The van der Waals surface area contributed by atoms with Crippen molar-refractivity contribution in [1.29, 1.82) is 0 Å². The minimum absolute atomic E-state index is 0.173. The molecule has 0 radical (unpaired) electrons. The first-order valence-electron chi connectivity index (χ1n) is 5.68. The van der Waals surface area contributed by atoms with Gasteiger partial charge in [-0.3, -0.25) is 4.79 Å². The first-order valence-corrected chi connectivity index (χ1v) is 6.05. The van der Waals surface area contributed by atoms with Crippen LogP contribution >= 0.6 is 11.6 Å². The molecule has 0 saturated carbocycles. The van der Waals surface area contributed by atoms with Crippen LogP contribution < -0.4 is 5.73 Å². The van der Waals surface area contributed by atoms with Gasteiger partial charge in [-0.1, -0.05) is 11.6 Å². The summed E-state index contributed by atoms with van der Waals surface area (Å²) in [6.45, 7) is 0.987. The van der Waals surface area contributed by atoms with Crippen molar-refractivity contribution in [2.75, 3.05) is 26.1 Å². The molecule has 0 unspecified atom stereocenters. The van der Waals surface area contributed by atoms with Crippen LogP contribution in [0.15, 0.2) is 12.3 Å². The lowest BCUT2D eigenvalue weighted by Gasteiger charge is -2.34. The molecule has 1 fully saturated rings. The summed E-state index contributed by atoms with van der Waals surface area (Å²) in [5, 5.41) is 0.380. The molecule has 1 aliphatic rings. The first kappa shape index (κ1) is 13.3. The predicted molar refractivity (Wildman–Crippen MR) is 67.8 cm³/mol. The van der Waals surface area contributed by atoms with Gasteiger partial charge in [0.2, 0.25) is 0 Å². The Kier molecular flexibility index (Phi) is 3.85. The summed E-state index contributed by atoms with van der Waals surface area (Å²) in [4.78, 5) is 16.5. The van der Waals surface area contributed by atoms with Crippen molar-refractivity contribution >= 4 is 23.2 Å². The standard InChI is InChI=1S/C12H15ClN2O3/c1-17-12(2-4-18-5-3-12)10(16)9-6-8(13)7-15-11(9)14/h6-7H,2-5H2,1H3,(H2,14,15). The van der Waals surface area contributed by atoms with Gasteiger partial charge in [-0.05, 0) is 6.07 Å². The van der Waals surface area contributed by atoms with E-state index in [1.54, 1.807) is 0 Å². The van der Waals surface area contributed by atoms with E-state index in [0.717, 1.165) is 0 Å². The zero-order valence-corrected chi connectivity index (χ0v) is 10.9. The van der Waals surface area contributed by atoms with Gasteiger partial charge in [0.15, 0.2) is 5.78 Å². The van der Waals surface area contributed by atoms with Crippen LogP contribution in [0.3, 0.4) is 0 Å². The smallest absolute Gasteiger partial charge is 0.198 e. The number of nitrogen functional groups attached to an aromatic ring is 1. The molecule has 6 heteroatoms. The minimum Gasteiger partial charge on any atom is -0.383 e. The number of ketones is 1. The maximum absolute atomic E-state index is 12.6. The van der Waals surface area contributed by atoms with Gasteiger partial charge in [0.25, 0.3) is 0 Å². The normalized spacial score (nSPS) is 18.6. The fraction of sp³-hybridized carbons (Fsp3) is 0.500. The van der Waals surface area contributed by atoms with Crippen LogP contribution in [0.2, 0.25) is 5.02 Å². The minimum atomic E-state index is -0.876. The molecule has 0 bridgehead atoms. The topological polar surface area (TPSA) is 74.4 Å². The van der Waals surface area contributed by atoms with Gasteiger partial charge in [-0.2, -0.15) is 0 Å². The van der Waals surface area contributed by atoms with Crippen molar-refractivity contribution in [1.82, 2.24) is 4.98 Å². The van der Waals surface area contributed by atoms with Crippen LogP contribution in [0.25, 0.3) is 0 Å². The number of methoxy groups -OCH3 is 1. The Labute approximate surface area is 110 Å². The maximum atomic E-state index is 12.6. The fourth-order valence-electron chi connectivity index (χ4n) is 2.10. The summed E-state index contributed by atoms with van der Waals surface area (Å²) < 4.78 is 10.7. The maximum Gasteiger partial charge on any atom is 0.198 e. The first-order chi connectivity index (χ1) is 8.59. The number of pyridine rings is 1. The highest BCUT2D eigenvalue weighted by molar-refractivity contribution is 6.31. The third-order valence-corrected chi connectivity index (χ3v) is 3.44. The highest BCUT2D eigenvalue weighted by Gasteiger charge is 2.41. The Hall–Kier alpha value is -1.17. The molecule has 0 aromatic carbocycles. The zero-order valence-electron chi connectivity index (χ0n) is 10.1. The van der Waals surface area contributed by atoms with E-state index in [-0.39, 0.29) is 11.6 Å². The number of nitrogens with zero attached hydrogens (tertiary/aromatic N) is 1. The van der Waals surface area contributed by atoms with Crippen molar-refractivity contribution in [3.8, 4) is 0 Å². The summed E-state index contributed by atoms with van der Waals surface area (Å²) in [5.74, 6) is -0.00637. The van der Waals surface area contributed by atoms with Crippen LogP contribution in [-0.2, 0) is 9.47 Å². The van der Waals surface area contributed by atoms with Crippen LogP contribution in [0.5, 0.6) is 0 Å². The second-order valence-corrected chi connectivity index (χ2v) is 4.66. The lowest BCUT2D eigenvalue weighted by Crippen LogP contribution is -2.46. The van der Waals surface area contributed by atoms with E-state index in [1.165, 1.54) is 19.4 Å². The molecule has 0 atom stereocenters. The number of nitrogens with two attached hydrogens (primary N) is 1. The molecule has 2 rings (SSSR count). The van der Waals surface area contributed by atoms with Gasteiger partial charge in [0, 0.05) is 39.4 Å². The Morgan fingerprint density at radius 1 is 1.56 bits per heavy atom. The number of hydrogen-bond donors (Lipinski definition) is 1. The van der Waals surface area contributed by atoms with E-state index in [4.69, 9.17) is 26.8 Å². The van der Waals surface area contributed by atoms with Crippen LogP contribution in [0.1, 0.15) is 23.2 Å². The molecule has 2 N–H and O–H groups in total. The number of rotatable bonds is 3. The van der Waals surface area contributed by atoms with Gasteiger partial charge in [-0.15, -0.1) is 0 Å². The van der Waals surface area contributed by atoms with E-state index in [0.29, 0.717) is 36.6 Å². The van der Waals surface area contributed by atoms with Crippen LogP contribution in [0, 0.1) is 0 Å². The molecule has 18 heavy (non-hydrogen) atoms. The van der Waals surface area contributed by atoms with E-state index in [2.05, 4.69) is 4.98 Å². The van der Waals surface area contributed by atoms with Gasteiger partial charge in [0.1, 0.15) is 11.4 Å². The number of ether oxygens (including phenoxy) is 2. The van der Waals surface area contributed by atoms with Gasteiger partial charge in [-0.25, -0.2) is 4.98 Å². The summed E-state index contributed by atoms with van der Waals surface area (Å²) in [6, 6.07) is 1.53. The zero-order chi connectivity index (χ0) is 13.2. The molecule has 2 heterocycles. The number of hydrogen-bond acceptors (Lipinski definition) is 5. The fourth-order valence-corrected chi connectivity index (χ4v) is 2.26. The molecule has 5 nitrogen and oxygen atoms in total. The third-order valence-electron chi connectivity index (χ3n) is 3.23. The molecule has 1 aromatic rings. The third kappa shape index (κ3) is 2.34. The number of anilines is 1. The number of aromatic nitrogens is 1. The Bertz CT molecular complexity index is 459. The van der Waals surface area contributed by atoms with E-state index in [9.17, 15) is 4.79 Å². The average molecular weight is 271 g/mol. The molecule has 1 aromatic heterocycles. The van der Waals surface area contributed by atoms with Crippen LogP contribution in [-0.4, -0.2) is 36.7 Å². The Morgan fingerprint density at radius 2 is 2.22 bits per heavy atom. The summed E-state index contributed by atoms with van der Waals surface area (Å²) in [5.41, 5.74) is 5.17. The number of halogens is 1. The van der Waals surface area contributed by atoms with Gasteiger partial charge >= 0.3 is 0 Å². The second-order valence-electron chi connectivity index (χ2n) is 4.23. The average Bonchev–Trinajstić information content (AvgIpc) is 2.41. The Balaban J connectivity index is 2.36. The van der Waals surface area contributed by atoms with Crippen molar-refractivity contribution in [3.05, 3.63) is 22.8 Å². The van der Waals surface area contributed by atoms with Gasteiger partial charge in [0.05, 0.1) is 10.6 Å². The quantitative estimate of drug-likeness (QED) is 0.846. The monoisotopic (exact) mass is 270 g/mol. The highest BCUT2D eigenvalue weighted by Crippen LogP contribution is 2.30. The highest BCUT2D eigenvalue weighted by atomic mass is 35.5. The molecule has 0 spiro atoms. The van der Waals surface area contributed by atoms with E-state index < -0.39 is 5.60 Å². The lowest BCUT2D eigenvalue weighted by atomic mass is 9.86. The predicted octanol–water partition coefficient (Wildman–Crippen LogP) is 1.70.